The number of imidazole rings is 1. The van der Waals surface area contributed by atoms with Crippen LogP contribution in [0.15, 0.2) is 48.5 Å². The Morgan fingerprint density at radius 3 is 2.79 bits per heavy atom. The SMILES string of the molecule is COCc1nc2ccccc2n1C[C@H](O)COc1cccc(C)c1. The Morgan fingerprint density at radius 2 is 2.00 bits per heavy atom. The van der Waals surface area contributed by atoms with E-state index in [2.05, 4.69) is 4.98 Å². The summed E-state index contributed by atoms with van der Waals surface area (Å²) in [5.74, 6) is 1.56. The number of aliphatic hydroxyl groups excluding tert-OH is 1. The van der Waals surface area contributed by atoms with Crippen LogP contribution in [0.5, 0.6) is 5.75 Å². The van der Waals surface area contributed by atoms with Crippen LogP contribution in [-0.2, 0) is 17.9 Å². The smallest absolute Gasteiger partial charge is 0.136 e. The van der Waals surface area contributed by atoms with Crippen LogP contribution in [0.3, 0.4) is 0 Å². The van der Waals surface area contributed by atoms with Crippen LogP contribution < -0.4 is 4.74 Å². The Morgan fingerprint density at radius 1 is 1.17 bits per heavy atom. The van der Waals surface area contributed by atoms with E-state index < -0.39 is 6.10 Å². The molecule has 0 radical (unpaired) electrons. The predicted molar refractivity (Wildman–Crippen MR) is 93.1 cm³/mol. The highest BCUT2D eigenvalue weighted by Gasteiger charge is 2.14. The number of aryl methyl sites for hydroxylation is 1. The maximum absolute atomic E-state index is 10.4. The quantitative estimate of drug-likeness (QED) is 0.725. The van der Waals surface area contributed by atoms with Crippen molar-refractivity contribution in [2.75, 3.05) is 13.7 Å². The van der Waals surface area contributed by atoms with Gasteiger partial charge in [0.1, 0.15) is 30.9 Å². The number of para-hydroxylation sites is 2. The van der Waals surface area contributed by atoms with Gasteiger partial charge in [-0.1, -0.05) is 24.3 Å². The van der Waals surface area contributed by atoms with Gasteiger partial charge in [0.05, 0.1) is 17.6 Å². The van der Waals surface area contributed by atoms with Crippen molar-refractivity contribution < 1.29 is 14.6 Å². The van der Waals surface area contributed by atoms with Crippen molar-refractivity contribution in [1.82, 2.24) is 9.55 Å². The number of hydrogen-bond acceptors (Lipinski definition) is 4. The molecule has 0 aliphatic rings. The Kier molecular flexibility index (Phi) is 5.13. The molecule has 0 unspecified atom stereocenters. The minimum absolute atomic E-state index is 0.225. The highest BCUT2D eigenvalue weighted by molar-refractivity contribution is 5.75. The minimum Gasteiger partial charge on any atom is -0.491 e. The molecule has 24 heavy (non-hydrogen) atoms. The summed E-state index contributed by atoms with van der Waals surface area (Å²) in [4.78, 5) is 4.57. The average Bonchev–Trinajstić information content (AvgIpc) is 2.91. The molecule has 0 fully saturated rings. The van der Waals surface area contributed by atoms with Gasteiger partial charge in [0.2, 0.25) is 0 Å². The van der Waals surface area contributed by atoms with Gasteiger partial charge in [-0.2, -0.15) is 0 Å². The zero-order valence-corrected chi connectivity index (χ0v) is 14.0. The highest BCUT2D eigenvalue weighted by Crippen LogP contribution is 2.18. The molecular weight excluding hydrogens is 304 g/mol. The van der Waals surface area contributed by atoms with Crippen molar-refractivity contribution in [2.45, 2.75) is 26.2 Å². The molecule has 0 amide bonds. The minimum atomic E-state index is -0.640. The number of methoxy groups -OCH3 is 1. The van der Waals surface area contributed by atoms with Gasteiger partial charge in [-0.25, -0.2) is 4.98 Å². The van der Waals surface area contributed by atoms with Crippen molar-refractivity contribution in [3.8, 4) is 5.75 Å². The number of benzene rings is 2. The van der Waals surface area contributed by atoms with Crippen molar-refractivity contribution in [1.29, 1.82) is 0 Å². The van der Waals surface area contributed by atoms with E-state index in [4.69, 9.17) is 9.47 Å². The third-order valence-electron chi connectivity index (χ3n) is 3.83. The lowest BCUT2D eigenvalue weighted by atomic mass is 10.2. The summed E-state index contributed by atoms with van der Waals surface area (Å²) in [5, 5.41) is 10.4. The van der Waals surface area contributed by atoms with Gasteiger partial charge in [0.25, 0.3) is 0 Å². The second kappa shape index (κ2) is 7.47. The second-order valence-electron chi connectivity index (χ2n) is 5.84. The van der Waals surface area contributed by atoms with E-state index in [1.165, 1.54) is 0 Å². The van der Waals surface area contributed by atoms with Gasteiger partial charge in [0.15, 0.2) is 0 Å². The van der Waals surface area contributed by atoms with Crippen molar-refractivity contribution in [2.24, 2.45) is 0 Å². The summed E-state index contributed by atoms with van der Waals surface area (Å²) in [6.45, 7) is 3.05. The predicted octanol–water partition coefficient (Wildman–Crippen LogP) is 2.93. The molecule has 3 rings (SSSR count). The summed E-state index contributed by atoms with van der Waals surface area (Å²) in [6, 6.07) is 15.7. The second-order valence-corrected chi connectivity index (χ2v) is 5.84. The summed E-state index contributed by atoms with van der Waals surface area (Å²) in [6.07, 6.45) is -0.640. The van der Waals surface area contributed by atoms with Crippen LogP contribution in [0.1, 0.15) is 11.4 Å². The van der Waals surface area contributed by atoms with E-state index in [9.17, 15) is 5.11 Å². The number of rotatable bonds is 7. The van der Waals surface area contributed by atoms with Gasteiger partial charge < -0.3 is 19.1 Å². The van der Waals surface area contributed by atoms with Gasteiger partial charge in [0, 0.05) is 7.11 Å². The fourth-order valence-corrected chi connectivity index (χ4v) is 2.73. The zero-order valence-electron chi connectivity index (χ0n) is 14.0. The van der Waals surface area contributed by atoms with Crippen LogP contribution >= 0.6 is 0 Å². The van der Waals surface area contributed by atoms with Crippen LogP contribution in [-0.4, -0.2) is 34.5 Å². The van der Waals surface area contributed by atoms with Crippen LogP contribution in [0, 0.1) is 6.92 Å². The number of hydrogen-bond donors (Lipinski definition) is 1. The first-order valence-corrected chi connectivity index (χ1v) is 7.98. The molecule has 5 nitrogen and oxygen atoms in total. The molecule has 2 aromatic carbocycles. The molecule has 126 valence electrons. The Hall–Kier alpha value is -2.37. The lowest BCUT2D eigenvalue weighted by molar-refractivity contribution is 0.0901. The highest BCUT2D eigenvalue weighted by atomic mass is 16.5. The maximum atomic E-state index is 10.4. The fourth-order valence-electron chi connectivity index (χ4n) is 2.73. The first-order chi connectivity index (χ1) is 11.7. The molecule has 0 aliphatic carbocycles. The van der Waals surface area contributed by atoms with Crippen LogP contribution in [0.4, 0.5) is 0 Å². The molecule has 1 atom stereocenters. The number of nitrogens with zero attached hydrogens (tertiary/aromatic N) is 2. The largest absolute Gasteiger partial charge is 0.491 e. The van der Waals surface area contributed by atoms with Crippen molar-refractivity contribution >= 4 is 11.0 Å². The maximum Gasteiger partial charge on any atom is 0.136 e. The molecule has 0 saturated heterocycles. The fraction of sp³-hybridized carbons (Fsp3) is 0.316. The van der Waals surface area contributed by atoms with E-state index in [1.807, 2.05) is 60.0 Å². The third-order valence-corrected chi connectivity index (χ3v) is 3.83. The van der Waals surface area contributed by atoms with Crippen molar-refractivity contribution in [3.63, 3.8) is 0 Å². The van der Waals surface area contributed by atoms with E-state index >= 15 is 0 Å². The number of fused-ring (bicyclic) bond motifs is 1. The third kappa shape index (κ3) is 3.75. The molecule has 1 N–H and O–H groups in total. The molecule has 1 aromatic heterocycles. The van der Waals surface area contributed by atoms with E-state index in [0.717, 1.165) is 28.2 Å². The summed E-state index contributed by atoms with van der Waals surface area (Å²) in [5.41, 5.74) is 3.01. The Balaban J connectivity index is 1.72. The van der Waals surface area contributed by atoms with Gasteiger partial charge in [-0.15, -0.1) is 0 Å². The average molecular weight is 326 g/mol. The zero-order chi connectivity index (χ0) is 16.9. The first kappa shape index (κ1) is 16.5. The molecule has 0 saturated carbocycles. The van der Waals surface area contributed by atoms with Gasteiger partial charge in [-0.3, -0.25) is 0 Å². The number of aliphatic hydroxyl groups is 1. The van der Waals surface area contributed by atoms with Crippen LogP contribution in [0.2, 0.25) is 0 Å². The summed E-state index contributed by atoms with van der Waals surface area (Å²) in [7, 11) is 1.64. The lowest BCUT2D eigenvalue weighted by Gasteiger charge is -2.15. The molecule has 0 spiro atoms. The first-order valence-electron chi connectivity index (χ1n) is 7.98. The molecule has 5 heteroatoms. The molecule has 3 aromatic rings. The van der Waals surface area contributed by atoms with Gasteiger partial charge in [-0.05, 0) is 36.8 Å². The number of aromatic nitrogens is 2. The topological polar surface area (TPSA) is 56.5 Å². The number of ether oxygens (including phenoxy) is 2. The normalized spacial score (nSPS) is 12.5. The van der Waals surface area contributed by atoms with Crippen LogP contribution in [0.25, 0.3) is 11.0 Å². The Bertz CT molecular complexity index is 813. The van der Waals surface area contributed by atoms with E-state index in [1.54, 1.807) is 7.11 Å². The van der Waals surface area contributed by atoms with E-state index in [-0.39, 0.29) is 6.61 Å². The summed E-state index contributed by atoms with van der Waals surface area (Å²) < 4.78 is 12.9. The molecular formula is C19H22N2O3. The van der Waals surface area contributed by atoms with Gasteiger partial charge >= 0.3 is 0 Å². The summed E-state index contributed by atoms with van der Waals surface area (Å²) >= 11 is 0. The standard InChI is InChI=1S/C19H22N2O3/c1-14-6-5-7-16(10-14)24-12-15(22)11-21-18-9-4-3-8-17(18)20-19(21)13-23-2/h3-10,15,22H,11-13H2,1-2H3/t15-/m0/s1. The van der Waals surface area contributed by atoms with E-state index in [0.29, 0.717) is 13.2 Å². The Labute approximate surface area is 141 Å². The molecule has 0 bridgehead atoms. The molecule has 1 heterocycles. The molecule has 0 aliphatic heterocycles. The monoisotopic (exact) mass is 326 g/mol. The lowest BCUT2D eigenvalue weighted by Crippen LogP contribution is -2.24. The van der Waals surface area contributed by atoms with Crippen molar-refractivity contribution in [3.05, 3.63) is 59.9 Å².